The van der Waals surface area contributed by atoms with E-state index in [1.807, 2.05) is 13.8 Å². The minimum absolute atomic E-state index is 0.0108. The average Bonchev–Trinajstić information content (AvgIpc) is 2.89. The first-order valence-corrected chi connectivity index (χ1v) is 7.70. The van der Waals surface area contributed by atoms with Gasteiger partial charge in [-0.15, -0.1) is 0 Å². The van der Waals surface area contributed by atoms with Crippen LogP contribution in [0.15, 0.2) is 0 Å². The van der Waals surface area contributed by atoms with Crippen LogP contribution in [-0.4, -0.2) is 48.1 Å². The Kier molecular flexibility index (Phi) is 4.68. The summed E-state index contributed by atoms with van der Waals surface area (Å²) in [7, 11) is 1.64. The van der Waals surface area contributed by atoms with Crippen molar-refractivity contribution < 1.29 is 14.3 Å². The van der Waals surface area contributed by atoms with Crippen molar-refractivity contribution in [1.82, 2.24) is 10.2 Å². The van der Waals surface area contributed by atoms with Crippen LogP contribution >= 0.6 is 0 Å². The van der Waals surface area contributed by atoms with Crippen LogP contribution in [-0.2, 0) is 14.3 Å². The maximum atomic E-state index is 12.9. The van der Waals surface area contributed by atoms with Gasteiger partial charge in [-0.3, -0.25) is 9.59 Å². The molecule has 20 heavy (non-hydrogen) atoms. The molecular weight excluding hydrogens is 256 g/mol. The van der Waals surface area contributed by atoms with E-state index >= 15 is 0 Å². The molecule has 1 saturated carbocycles. The van der Waals surface area contributed by atoms with Gasteiger partial charge in [-0.05, 0) is 26.2 Å². The molecule has 5 nitrogen and oxygen atoms in total. The summed E-state index contributed by atoms with van der Waals surface area (Å²) in [5.74, 6) is 0.105. The summed E-state index contributed by atoms with van der Waals surface area (Å²) in [5.41, 5.74) is -0.630. The molecule has 1 spiro atoms. The van der Waals surface area contributed by atoms with E-state index in [1.165, 1.54) is 0 Å². The van der Waals surface area contributed by atoms with Crippen LogP contribution in [0.25, 0.3) is 0 Å². The average molecular weight is 282 g/mol. The van der Waals surface area contributed by atoms with E-state index < -0.39 is 5.54 Å². The quantitative estimate of drug-likeness (QED) is 0.830. The third-order valence-electron chi connectivity index (χ3n) is 4.59. The van der Waals surface area contributed by atoms with E-state index in [2.05, 4.69) is 5.32 Å². The SMILES string of the molecule is CCCC1C(=O)NC2(CCCC2)C(=O)N1CC(C)OC. The van der Waals surface area contributed by atoms with Gasteiger partial charge in [0.15, 0.2) is 0 Å². The predicted octanol–water partition coefficient (Wildman–Crippen LogP) is 1.46. The normalized spacial score (nSPS) is 26.9. The number of carbonyl (C=O) groups excluding carboxylic acids is 2. The highest BCUT2D eigenvalue weighted by Crippen LogP contribution is 2.35. The molecule has 0 aromatic carbocycles. The van der Waals surface area contributed by atoms with Gasteiger partial charge in [-0.25, -0.2) is 0 Å². The second kappa shape index (κ2) is 6.12. The van der Waals surface area contributed by atoms with Crippen LogP contribution in [0.1, 0.15) is 52.4 Å². The summed E-state index contributed by atoms with van der Waals surface area (Å²) >= 11 is 0. The van der Waals surface area contributed by atoms with Crippen molar-refractivity contribution in [2.45, 2.75) is 70.1 Å². The zero-order valence-electron chi connectivity index (χ0n) is 12.8. The largest absolute Gasteiger partial charge is 0.380 e. The predicted molar refractivity (Wildman–Crippen MR) is 76.2 cm³/mol. The monoisotopic (exact) mass is 282 g/mol. The molecule has 0 aromatic heterocycles. The van der Waals surface area contributed by atoms with Crippen LogP contribution < -0.4 is 5.32 Å². The highest BCUT2D eigenvalue weighted by atomic mass is 16.5. The number of amides is 2. The number of nitrogens with one attached hydrogen (secondary N) is 1. The molecular formula is C15H26N2O3. The maximum absolute atomic E-state index is 12.9. The molecule has 2 rings (SSSR count). The van der Waals surface area contributed by atoms with Crippen molar-refractivity contribution in [2.24, 2.45) is 0 Å². The topological polar surface area (TPSA) is 58.6 Å². The number of nitrogens with zero attached hydrogens (tertiary/aromatic N) is 1. The Bertz CT molecular complexity index is 377. The molecule has 0 aromatic rings. The fourth-order valence-electron chi connectivity index (χ4n) is 3.37. The third kappa shape index (κ3) is 2.68. The molecule has 2 atom stereocenters. The van der Waals surface area contributed by atoms with Crippen molar-refractivity contribution in [3.05, 3.63) is 0 Å². The van der Waals surface area contributed by atoms with Gasteiger partial charge in [0.05, 0.1) is 6.10 Å². The van der Waals surface area contributed by atoms with Gasteiger partial charge >= 0.3 is 0 Å². The van der Waals surface area contributed by atoms with Crippen molar-refractivity contribution in [1.29, 1.82) is 0 Å². The molecule has 1 aliphatic heterocycles. The first-order chi connectivity index (χ1) is 9.54. The highest BCUT2D eigenvalue weighted by Gasteiger charge is 2.51. The molecule has 0 bridgehead atoms. The highest BCUT2D eigenvalue weighted by molar-refractivity contribution is 6.00. The molecule has 1 saturated heterocycles. The van der Waals surface area contributed by atoms with Crippen LogP contribution in [0.4, 0.5) is 0 Å². The number of hydrogen-bond donors (Lipinski definition) is 1. The van der Waals surface area contributed by atoms with Gasteiger partial charge in [-0.1, -0.05) is 26.2 Å². The number of rotatable bonds is 5. The molecule has 2 fully saturated rings. The van der Waals surface area contributed by atoms with Gasteiger partial charge in [0, 0.05) is 13.7 Å². The van der Waals surface area contributed by atoms with Crippen LogP contribution in [0.2, 0.25) is 0 Å². The molecule has 5 heteroatoms. The van der Waals surface area contributed by atoms with Crippen molar-refractivity contribution in [3.8, 4) is 0 Å². The van der Waals surface area contributed by atoms with E-state index in [0.29, 0.717) is 13.0 Å². The number of carbonyl (C=O) groups is 2. The molecule has 2 unspecified atom stereocenters. The molecule has 2 aliphatic rings. The van der Waals surface area contributed by atoms with Crippen LogP contribution in [0.3, 0.4) is 0 Å². The van der Waals surface area contributed by atoms with Gasteiger partial charge in [0.1, 0.15) is 11.6 Å². The first-order valence-electron chi connectivity index (χ1n) is 7.70. The molecule has 1 N–H and O–H groups in total. The first kappa shape index (κ1) is 15.3. The Hall–Kier alpha value is -1.10. The summed E-state index contributed by atoms with van der Waals surface area (Å²) in [4.78, 5) is 27.1. The Balaban J connectivity index is 2.23. The number of hydrogen-bond acceptors (Lipinski definition) is 3. The van der Waals surface area contributed by atoms with Crippen molar-refractivity contribution >= 4 is 11.8 Å². The summed E-state index contributed by atoms with van der Waals surface area (Å²) < 4.78 is 5.29. The smallest absolute Gasteiger partial charge is 0.249 e. The summed E-state index contributed by atoms with van der Waals surface area (Å²) in [6.07, 6.45) is 5.11. The molecule has 1 heterocycles. The lowest BCUT2D eigenvalue weighted by atomic mass is 9.89. The van der Waals surface area contributed by atoms with E-state index in [-0.39, 0.29) is 24.0 Å². The van der Waals surface area contributed by atoms with Crippen LogP contribution in [0, 0.1) is 0 Å². The maximum Gasteiger partial charge on any atom is 0.249 e. The lowest BCUT2D eigenvalue weighted by molar-refractivity contribution is -0.156. The lowest BCUT2D eigenvalue weighted by Gasteiger charge is -2.45. The molecule has 2 amide bonds. The fraction of sp³-hybridized carbons (Fsp3) is 0.867. The number of piperazine rings is 1. The van der Waals surface area contributed by atoms with Gasteiger partial charge < -0.3 is 15.0 Å². The third-order valence-corrected chi connectivity index (χ3v) is 4.59. The Morgan fingerprint density at radius 1 is 1.40 bits per heavy atom. The Labute approximate surface area is 121 Å². The molecule has 0 radical (unpaired) electrons. The Morgan fingerprint density at radius 3 is 2.60 bits per heavy atom. The lowest BCUT2D eigenvalue weighted by Crippen LogP contribution is -2.70. The summed E-state index contributed by atoms with van der Waals surface area (Å²) in [6.45, 7) is 4.47. The summed E-state index contributed by atoms with van der Waals surface area (Å²) in [5, 5.41) is 3.03. The van der Waals surface area contributed by atoms with Gasteiger partial charge in [0.2, 0.25) is 11.8 Å². The molecule has 1 aliphatic carbocycles. The standard InChI is InChI=1S/C15H26N2O3/c1-4-7-12-13(18)16-15(8-5-6-9-15)14(19)17(12)10-11(2)20-3/h11-12H,4-10H2,1-3H3,(H,16,18). The number of ether oxygens (including phenoxy) is 1. The van der Waals surface area contributed by atoms with E-state index in [0.717, 1.165) is 32.1 Å². The zero-order chi connectivity index (χ0) is 14.8. The minimum atomic E-state index is -0.630. The second-order valence-electron chi connectivity index (χ2n) is 6.09. The van der Waals surface area contributed by atoms with E-state index in [9.17, 15) is 9.59 Å². The van der Waals surface area contributed by atoms with Gasteiger partial charge in [0.25, 0.3) is 0 Å². The second-order valence-corrected chi connectivity index (χ2v) is 6.09. The van der Waals surface area contributed by atoms with E-state index in [1.54, 1.807) is 12.0 Å². The van der Waals surface area contributed by atoms with Gasteiger partial charge in [-0.2, -0.15) is 0 Å². The minimum Gasteiger partial charge on any atom is -0.380 e. The van der Waals surface area contributed by atoms with Crippen molar-refractivity contribution in [3.63, 3.8) is 0 Å². The molecule has 114 valence electrons. The van der Waals surface area contributed by atoms with Crippen molar-refractivity contribution in [2.75, 3.05) is 13.7 Å². The zero-order valence-corrected chi connectivity index (χ0v) is 12.8. The Morgan fingerprint density at radius 2 is 2.05 bits per heavy atom. The van der Waals surface area contributed by atoms with E-state index in [4.69, 9.17) is 4.74 Å². The summed E-state index contributed by atoms with van der Waals surface area (Å²) in [6, 6.07) is -0.337. The van der Waals surface area contributed by atoms with Crippen LogP contribution in [0.5, 0.6) is 0 Å². The fourth-order valence-corrected chi connectivity index (χ4v) is 3.37. The number of methoxy groups -OCH3 is 1.